The molecule has 0 saturated heterocycles. The van der Waals surface area contributed by atoms with E-state index in [1.54, 1.807) is 18.2 Å². The van der Waals surface area contributed by atoms with Gasteiger partial charge in [-0.2, -0.15) is 0 Å². The van der Waals surface area contributed by atoms with Gasteiger partial charge < -0.3 is 20.5 Å². The van der Waals surface area contributed by atoms with E-state index < -0.39 is 5.91 Å². The molecule has 27 heavy (non-hydrogen) atoms. The van der Waals surface area contributed by atoms with Gasteiger partial charge in [-0.15, -0.1) is 0 Å². The maximum absolute atomic E-state index is 12.5. The van der Waals surface area contributed by atoms with Crippen LogP contribution in [-0.4, -0.2) is 32.1 Å². The topological polar surface area (TPSA) is 90.7 Å². The highest BCUT2D eigenvalue weighted by molar-refractivity contribution is 9.10. The second kappa shape index (κ2) is 8.90. The number of methoxy groups -OCH3 is 1. The van der Waals surface area contributed by atoms with Gasteiger partial charge in [0.15, 0.2) is 18.1 Å². The minimum absolute atomic E-state index is 0.222. The van der Waals surface area contributed by atoms with Crippen molar-refractivity contribution in [3.05, 3.63) is 58.1 Å². The first-order valence-corrected chi connectivity index (χ1v) is 9.15. The molecule has 0 spiro atoms. The molecule has 3 N–H and O–H groups in total. The molecule has 0 aromatic heterocycles. The first kappa shape index (κ1) is 20.8. The summed E-state index contributed by atoms with van der Waals surface area (Å²) in [6.45, 7) is 4.34. The lowest BCUT2D eigenvalue weighted by molar-refractivity contribution is -0.119. The molecule has 0 aliphatic rings. The van der Waals surface area contributed by atoms with Crippen LogP contribution in [0, 0.1) is 0 Å². The molecule has 7 heteroatoms. The van der Waals surface area contributed by atoms with Crippen LogP contribution >= 0.6 is 15.9 Å². The normalized spacial score (nSPS) is 11.0. The monoisotopic (exact) mass is 434 g/mol. The summed E-state index contributed by atoms with van der Waals surface area (Å²) in [5.74, 6) is -0.104. The number of benzene rings is 2. The van der Waals surface area contributed by atoms with E-state index in [9.17, 15) is 9.59 Å². The van der Waals surface area contributed by atoms with Gasteiger partial charge >= 0.3 is 0 Å². The molecule has 144 valence electrons. The van der Waals surface area contributed by atoms with Gasteiger partial charge in [0.1, 0.15) is 0 Å². The quantitative estimate of drug-likeness (QED) is 0.667. The number of nitrogens with two attached hydrogens (primary N) is 1. The Morgan fingerprint density at radius 3 is 2.37 bits per heavy atom. The molecule has 0 unspecified atom stereocenters. The fourth-order valence-corrected chi connectivity index (χ4v) is 2.75. The largest absolute Gasteiger partial charge is 0.493 e. The number of ether oxygens (including phenoxy) is 2. The van der Waals surface area contributed by atoms with Crippen molar-refractivity contribution >= 4 is 27.7 Å². The lowest BCUT2D eigenvalue weighted by atomic mass is 9.84. The molecule has 0 radical (unpaired) electrons. The van der Waals surface area contributed by atoms with Gasteiger partial charge in [-0.25, -0.2) is 0 Å². The van der Waals surface area contributed by atoms with Gasteiger partial charge in [0.05, 0.1) is 7.11 Å². The van der Waals surface area contributed by atoms with Crippen molar-refractivity contribution in [2.45, 2.75) is 19.3 Å². The number of primary amides is 1. The highest BCUT2D eigenvalue weighted by Crippen LogP contribution is 2.28. The highest BCUT2D eigenvalue weighted by Gasteiger charge is 2.22. The van der Waals surface area contributed by atoms with E-state index in [2.05, 4.69) is 35.1 Å². The average Bonchev–Trinajstić information content (AvgIpc) is 2.64. The first-order valence-electron chi connectivity index (χ1n) is 8.36. The third-order valence-electron chi connectivity index (χ3n) is 4.11. The third kappa shape index (κ3) is 5.72. The van der Waals surface area contributed by atoms with Gasteiger partial charge in [0.25, 0.3) is 11.8 Å². The first-order chi connectivity index (χ1) is 12.7. The zero-order valence-electron chi connectivity index (χ0n) is 15.5. The van der Waals surface area contributed by atoms with Gasteiger partial charge in [-0.05, 0) is 35.9 Å². The van der Waals surface area contributed by atoms with Gasteiger partial charge in [-0.3, -0.25) is 9.59 Å². The molecule has 0 fully saturated rings. The summed E-state index contributed by atoms with van der Waals surface area (Å²) in [6, 6.07) is 12.8. The molecule has 6 nitrogen and oxygen atoms in total. The van der Waals surface area contributed by atoms with Crippen molar-refractivity contribution in [2.24, 2.45) is 5.73 Å². The van der Waals surface area contributed by atoms with E-state index in [0.29, 0.717) is 23.6 Å². The van der Waals surface area contributed by atoms with Crippen molar-refractivity contribution < 1.29 is 19.1 Å². The fourth-order valence-electron chi connectivity index (χ4n) is 2.48. The van der Waals surface area contributed by atoms with Crippen LogP contribution in [0.5, 0.6) is 11.5 Å². The molecule has 0 saturated carbocycles. The minimum atomic E-state index is -0.589. The Bertz CT molecular complexity index is 819. The molecule has 0 aliphatic heterocycles. The Hall–Kier alpha value is -2.54. The molecule has 2 aromatic rings. The summed E-state index contributed by atoms with van der Waals surface area (Å²) < 4.78 is 11.5. The van der Waals surface area contributed by atoms with E-state index in [4.69, 9.17) is 15.2 Å². The summed E-state index contributed by atoms with van der Waals surface area (Å²) in [5, 5.41) is 2.95. The Balaban J connectivity index is 2.06. The van der Waals surface area contributed by atoms with Crippen LogP contribution in [0.3, 0.4) is 0 Å². The van der Waals surface area contributed by atoms with Crippen LogP contribution in [0.4, 0.5) is 0 Å². The molecule has 2 aromatic carbocycles. The van der Waals surface area contributed by atoms with Crippen LogP contribution in [0.1, 0.15) is 29.8 Å². The minimum Gasteiger partial charge on any atom is -0.493 e. The number of nitrogens with one attached hydrogen (secondary N) is 1. The Kier molecular flexibility index (Phi) is 6.85. The zero-order valence-corrected chi connectivity index (χ0v) is 17.1. The molecule has 0 atom stereocenters. The maximum Gasteiger partial charge on any atom is 0.255 e. The van der Waals surface area contributed by atoms with Crippen molar-refractivity contribution in [3.63, 3.8) is 0 Å². The second-order valence-electron chi connectivity index (χ2n) is 6.69. The highest BCUT2D eigenvalue weighted by atomic mass is 79.9. The molecular formula is C20H23BrN2O4. The number of carbonyl (C=O) groups excluding carboxylic acids is 2. The van der Waals surface area contributed by atoms with E-state index in [1.807, 2.05) is 24.3 Å². The number of rotatable bonds is 8. The summed E-state index contributed by atoms with van der Waals surface area (Å²) in [6.07, 6.45) is 0. The maximum atomic E-state index is 12.5. The molecule has 0 aliphatic carbocycles. The Morgan fingerprint density at radius 1 is 1.11 bits per heavy atom. The molecule has 2 rings (SSSR count). The summed E-state index contributed by atoms with van der Waals surface area (Å²) in [7, 11) is 1.46. The molecular weight excluding hydrogens is 412 g/mol. The Morgan fingerprint density at radius 2 is 1.78 bits per heavy atom. The number of carbonyl (C=O) groups is 2. The van der Waals surface area contributed by atoms with Gasteiger partial charge in [0, 0.05) is 22.0 Å². The lowest BCUT2D eigenvalue weighted by Crippen LogP contribution is -2.36. The zero-order chi connectivity index (χ0) is 20.0. The Labute approximate surface area is 167 Å². The van der Waals surface area contributed by atoms with Crippen LogP contribution in [0.25, 0.3) is 0 Å². The fraction of sp³-hybridized carbons (Fsp3) is 0.300. The van der Waals surface area contributed by atoms with Crippen molar-refractivity contribution in [2.75, 3.05) is 20.3 Å². The predicted molar refractivity (Wildman–Crippen MR) is 107 cm³/mol. The van der Waals surface area contributed by atoms with E-state index in [0.717, 1.165) is 10.0 Å². The average molecular weight is 435 g/mol. The van der Waals surface area contributed by atoms with E-state index >= 15 is 0 Å². The molecule has 0 bridgehead atoms. The van der Waals surface area contributed by atoms with Gasteiger partial charge in [-0.1, -0.05) is 41.9 Å². The van der Waals surface area contributed by atoms with Crippen molar-refractivity contribution in [3.8, 4) is 11.5 Å². The van der Waals surface area contributed by atoms with Crippen LogP contribution in [0.2, 0.25) is 0 Å². The second-order valence-corrected chi connectivity index (χ2v) is 7.61. The standard InChI is InChI=1S/C20H23BrN2O4/c1-20(2,14-5-7-15(21)8-6-14)12-23-19(25)13-4-9-16(17(10-13)26-3)27-11-18(22)24/h4-10H,11-12H2,1-3H3,(H2,22,24)(H,23,25). The van der Waals surface area contributed by atoms with Crippen LogP contribution in [-0.2, 0) is 10.2 Å². The van der Waals surface area contributed by atoms with Gasteiger partial charge in [0.2, 0.25) is 0 Å². The summed E-state index contributed by atoms with van der Waals surface area (Å²) >= 11 is 3.43. The van der Waals surface area contributed by atoms with Crippen molar-refractivity contribution in [1.29, 1.82) is 0 Å². The lowest BCUT2D eigenvalue weighted by Gasteiger charge is -2.26. The molecule has 2 amide bonds. The SMILES string of the molecule is COc1cc(C(=O)NCC(C)(C)c2ccc(Br)cc2)ccc1OCC(N)=O. The predicted octanol–water partition coefficient (Wildman–Crippen LogP) is 3.03. The number of halogens is 1. The smallest absolute Gasteiger partial charge is 0.255 e. The van der Waals surface area contributed by atoms with Crippen molar-refractivity contribution in [1.82, 2.24) is 5.32 Å². The number of hydrogen-bond donors (Lipinski definition) is 2. The summed E-state index contributed by atoms with van der Waals surface area (Å²) in [5.41, 5.74) is 6.40. The summed E-state index contributed by atoms with van der Waals surface area (Å²) in [4.78, 5) is 23.4. The molecule has 0 heterocycles. The van der Waals surface area contributed by atoms with E-state index in [-0.39, 0.29) is 17.9 Å². The number of amides is 2. The van der Waals surface area contributed by atoms with Crippen LogP contribution < -0.4 is 20.5 Å². The van der Waals surface area contributed by atoms with Crippen LogP contribution in [0.15, 0.2) is 46.9 Å². The van der Waals surface area contributed by atoms with E-state index in [1.165, 1.54) is 7.11 Å². The number of hydrogen-bond acceptors (Lipinski definition) is 4. The third-order valence-corrected chi connectivity index (χ3v) is 4.64.